The van der Waals surface area contributed by atoms with Crippen LogP contribution in [0.25, 0.3) is 6.08 Å². The molecular weight excluding hydrogens is 318 g/mol. The lowest BCUT2D eigenvalue weighted by molar-refractivity contribution is 0.194. The van der Waals surface area contributed by atoms with Gasteiger partial charge in [0.05, 0.1) is 0 Å². The first kappa shape index (κ1) is 21.7. The Morgan fingerprint density at radius 1 is 1.04 bits per heavy atom. The van der Waals surface area contributed by atoms with Crippen LogP contribution in [0, 0.1) is 11.5 Å². The van der Waals surface area contributed by atoms with E-state index in [1.165, 1.54) is 11.1 Å². The van der Waals surface area contributed by atoms with Crippen molar-refractivity contribution in [2.45, 2.75) is 78.7 Å². The van der Waals surface area contributed by atoms with Crippen LogP contribution in [0.1, 0.15) is 54.0 Å². The topological polar surface area (TPSA) is 3.24 Å². The molecular formula is C23H37NSi. The van der Waals surface area contributed by atoms with Crippen LogP contribution in [-0.2, 0) is 0 Å². The van der Waals surface area contributed by atoms with Crippen LogP contribution in [0.4, 0.5) is 0 Å². The molecule has 1 nitrogen and oxygen atoms in total. The second kappa shape index (κ2) is 8.88. The van der Waals surface area contributed by atoms with Gasteiger partial charge in [-0.05, 0) is 44.4 Å². The van der Waals surface area contributed by atoms with Crippen LogP contribution in [0.15, 0.2) is 35.9 Å². The highest BCUT2D eigenvalue weighted by Crippen LogP contribution is 2.35. The molecule has 0 saturated heterocycles. The second-order valence-corrected chi connectivity index (χ2v) is 14.1. The molecule has 1 aromatic rings. The molecule has 0 aliphatic heterocycles. The van der Waals surface area contributed by atoms with E-state index in [-0.39, 0.29) is 5.04 Å². The third-order valence-corrected chi connectivity index (χ3v) is 9.73. The summed E-state index contributed by atoms with van der Waals surface area (Å²) in [5, 5.41) is 0.285. The fourth-order valence-corrected chi connectivity index (χ4v) is 3.30. The van der Waals surface area contributed by atoms with Gasteiger partial charge in [0, 0.05) is 24.2 Å². The standard InChI is InChI=1S/C23H37NSi/c1-19(2)24(20(3)4)18-22(17-21-13-11-10-12-14-21)15-16-25(8,9)23(5,6)7/h10-14,17,19-20H,18H2,1-9H3/b22-17-. The van der Waals surface area contributed by atoms with Crippen molar-refractivity contribution >= 4 is 14.1 Å². The van der Waals surface area contributed by atoms with Gasteiger partial charge in [0.1, 0.15) is 8.07 Å². The smallest absolute Gasteiger partial charge is 0.138 e. The zero-order valence-corrected chi connectivity index (χ0v) is 18.8. The molecule has 0 amide bonds. The zero-order chi connectivity index (χ0) is 19.3. The highest BCUT2D eigenvalue weighted by molar-refractivity contribution is 6.87. The van der Waals surface area contributed by atoms with Crippen molar-refractivity contribution in [3.05, 3.63) is 41.5 Å². The van der Waals surface area contributed by atoms with Gasteiger partial charge >= 0.3 is 0 Å². The van der Waals surface area contributed by atoms with Gasteiger partial charge in [-0.3, -0.25) is 4.90 Å². The summed E-state index contributed by atoms with van der Waals surface area (Å²) in [5.74, 6) is 3.59. The lowest BCUT2D eigenvalue weighted by Crippen LogP contribution is -2.38. The van der Waals surface area contributed by atoms with Gasteiger partial charge in [0.15, 0.2) is 0 Å². The molecule has 0 radical (unpaired) electrons. The largest absolute Gasteiger partial charge is 0.294 e. The Bertz CT molecular complexity index is 614. The minimum atomic E-state index is -1.61. The lowest BCUT2D eigenvalue weighted by atomic mass is 10.1. The summed E-state index contributed by atoms with van der Waals surface area (Å²) in [5.41, 5.74) is 6.15. The second-order valence-electron chi connectivity index (χ2n) is 9.07. The first-order valence-electron chi connectivity index (χ1n) is 9.48. The summed E-state index contributed by atoms with van der Waals surface area (Å²) in [4.78, 5) is 2.51. The molecule has 0 atom stereocenters. The number of hydrogen-bond acceptors (Lipinski definition) is 1. The Balaban J connectivity index is 3.24. The van der Waals surface area contributed by atoms with Crippen LogP contribution in [0.3, 0.4) is 0 Å². The maximum Gasteiger partial charge on any atom is 0.138 e. The van der Waals surface area contributed by atoms with Crippen molar-refractivity contribution in [3.63, 3.8) is 0 Å². The SMILES string of the molecule is CC(C)N(C/C(C#C[Si](C)(C)C(C)(C)C)=C\c1ccccc1)C(C)C. The molecule has 0 unspecified atom stereocenters. The molecule has 0 fully saturated rings. The monoisotopic (exact) mass is 355 g/mol. The van der Waals surface area contributed by atoms with E-state index in [0.29, 0.717) is 12.1 Å². The first-order chi connectivity index (χ1) is 11.4. The average molecular weight is 356 g/mol. The van der Waals surface area contributed by atoms with Crippen LogP contribution in [0.5, 0.6) is 0 Å². The van der Waals surface area contributed by atoms with Gasteiger partial charge in [-0.1, -0.05) is 70.1 Å². The molecule has 0 saturated carbocycles. The van der Waals surface area contributed by atoms with Gasteiger partial charge in [0.25, 0.3) is 0 Å². The Hall–Kier alpha value is -1.30. The quantitative estimate of drug-likeness (QED) is 0.446. The third kappa shape index (κ3) is 6.84. The van der Waals surface area contributed by atoms with E-state index in [4.69, 9.17) is 0 Å². The van der Waals surface area contributed by atoms with Crippen LogP contribution >= 0.6 is 0 Å². The fraction of sp³-hybridized carbons (Fsp3) is 0.565. The number of rotatable bonds is 5. The molecule has 25 heavy (non-hydrogen) atoms. The predicted octanol–water partition coefficient (Wildman–Crippen LogP) is 6.24. The van der Waals surface area contributed by atoms with E-state index < -0.39 is 8.07 Å². The molecule has 2 heteroatoms. The van der Waals surface area contributed by atoms with E-state index >= 15 is 0 Å². The van der Waals surface area contributed by atoms with Gasteiger partial charge in [-0.2, -0.15) is 0 Å². The van der Waals surface area contributed by atoms with Gasteiger partial charge in [0.2, 0.25) is 0 Å². The Labute approximate surface area is 157 Å². The molecule has 0 aliphatic rings. The van der Waals surface area contributed by atoms with E-state index in [9.17, 15) is 0 Å². The maximum absolute atomic E-state index is 3.70. The Morgan fingerprint density at radius 3 is 2.00 bits per heavy atom. The van der Waals surface area contributed by atoms with Gasteiger partial charge in [-0.25, -0.2) is 0 Å². The fourth-order valence-electron chi connectivity index (χ4n) is 2.45. The Morgan fingerprint density at radius 2 is 1.56 bits per heavy atom. The van der Waals surface area contributed by atoms with E-state index in [2.05, 4.69) is 114 Å². The van der Waals surface area contributed by atoms with Crippen LogP contribution in [-0.4, -0.2) is 31.6 Å². The maximum atomic E-state index is 3.70. The Kier molecular flexibility index (Phi) is 7.72. The molecule has 1 aromatic carbocycles. The van der Waals surface area contributed by atoms with Crippen molar-refractivity contribution in [1.82, 2.24) is 4.90 Å². The molecule has 0 heterocycles. The van der Waals surface area contributed by atoms with E-state index in [1.807, 2.05) is 0 Å². The summed E-state index contributed by atoms with van der Waals surface area (Å²) >= 11 is 0. The first-order valence-corrected chi connectivity index (χ1v) is 12.5. The lowest BCUT2D eigenvalue weighted by Gasteiger charge is -2.32. The molecule has 1 rings (SSSR count). The van der Waals surface area contributed by atoms with Crippen molar-refractivity contribution in [2.75, 3.05) is 6.54 Å². The summed E-state index contributed by atoms with van der Waals surface area (Å²) in [6.45, 7) is 21.7. The third-order valence-electron chi connectivity index (χ3n) is 5.23. The summed E-state index contributed by atoms with van der Waals surface area (Å²) < 4.78 is 0. The minimum Gasteiger partial charge on any atom is -0.294 e. The summed E-state index contributed by atoms with van der Waals surface area (Å²) in [7, 11) is -1.61. The van der Waals surface area contributed by atoms with Crippen LogP contribution < -0.4 is 0 Å². The summed E-state index contributed by atoms with van der Waals surface area (Å²) in [6.07, 6.45) is 2.26. The van der Waals surface area contributed by atoms with Crippen LogP contribution in [0.2, 0.25) is 18.1 Å². The highest BCUT2D eigenvalue weighted by Gasteiger charge is 2.33. The molecule has 0 aliphatic carbocycles. The van der Waals surface area contributed by atoms with E-state index in [0.717, 1.165) is 6.54 Å². The van der Waals surface area contributed by atoms with Gasteiger partial charge < -0.3 is 0 Å². The number of hydrogen-bond donors (Lipinski definition) is 0. The zero-order valence-electron chi connectivity index (χ0n) is 17.8. The van der Waals surface area contributed by atoms with Crippen molar-refractivity contribution < 1.29 is 0 Å². The molecule has 0 bridgehead atoms. The van der Waals surface area contributed by atoms with Crippen molar-refractivity contribution in [3.8, 4) is 11.5 Å². The molecule has 0 N–H and O–H groups in total. The van der Waals surface area contributed by atoms with Crippen molar-refractivity contribution in [1.29, 1.82) is 0 Å². The van der Waals surface area contributed by atoms with E-state index in [1.54, 1.807) is 0 Å². The van der Waals surface area contributed by atoms with Crippen molar-refractivity contribution in [2.24, 2.45) is 0 Å². The minimum absolute atomic E-state index is 0.285. The highest BCUT2D eigenvalue weighted by atomic mass is 28.3. The molecule has 0 aromatic heterocycles. The average Bonchev–Trinajstić information content (AvgIpc) is 2.49. The normalized spacial score (nSPS) is 13.4. The van der Waals surface area contributed by atoms with Gasteiger partial charge in [-0.15, -0.1) is 5.54 Å². The predicted molar refractivity (Wildman–Crippen MR) is 116 cm³/mol. The molecule has 0 spiro atoms. The molecule has 138 valence electrons. The summed E-state index contributed by atoms with van der Waals surface area (Å²) in [6, 6.07) is 11.6. The number of benzene rings is 1. The number of nitrogens with zero attached hydrogens (tertiary/aromatic N) is 1.